The Kier molecular flexibility index (Phi) is 4.32. The molecule has 14 heavy (non-hydrogen) atoms. The first-order chi connectivity index (χ1) is 6.66. The summed E-state index contributed by atoms with van der Waals surface area (Å²) in [5, 5.41) is 10.6. The molecule has 4 nitrogen and oxygen atoms in total. The fourth-order valence-electron chi connectivity index (χ4n) is 1.99. The van der Waals surface area contributed by atoms with Crippen molar-refractivity contribution < 1.29 is 9.72 Å². The first-order valence-corrected chi connectivity index (χ1v) is 5.42. The highest BCUT2D eigenvalue weighted by Gasteiger charge is 2.40. The number of ketones is 1. The van der Waals surface area contributed by atoms with Crippen LogP contribution in [0.5, 0.6) is 0 Å². The van der Waals surface area contributed by atoms with Crippen molar-refractivity contribution in [1.29, 1.82) is 0 Å². The zero-order valence-corrected chi connectivity index (χ0v) is 8.70. The van der Waals surface area contributed by atoms with Crippen LogP contribution in [0.2, 0.25) is 0 Å². The van der Waals surface area contributed by atoms with E-state index in [1.807, 2.05) is 0 Å². The average Bonchev–Trinajstić information content (AvgIpc) is 2.62. The standard InChI is InChI=1S/C9H14ClNO3/c10-6-2-5-9(12)7-3-1-4-8(7)11(13)14/h7-8H,1-6H2. The third-order valence-corrected chi connectivity index (χ3v) is 2.99. The molecule has 5 heteroatoms. The number of nitrogens with zero attached hydrogens (tertiary/aromatic N) is 1. The van der Waals surface area contributed by atoms with E-state index in [0.29, 0.717) is 31.6 Å². The molecular formula is C9H14ClNO3. The third kappa shape index (κ3) is 2.67. The molecule has 2 atom stereocenters. The maximum absolute atomic E-state index is 11.6. The van der Waals surface area contributed by atoms with E-state index >= 15 is 0 Å². The summed E-state index contributed by atoms with van der Waals surface area (Å²) >= 11 is 5.47. The van der Waals surface area contributed by atoms with Gasteiger partial charge in [0.05, 0.1) is 5.92 Å². The van der Waals surface area contributed by atoms with Crippen molar-refractivity contribution in [2.45, 2.75) is 38.1 Å². The van der Waals surface area contributed by atoms with E-state index in [2.05, 4.69) is 0 Å². The molecule has 1 aliphatic rings. The Morgan fingerprint density at radius 2 is 2.21 bits per heavy atom. The van der Waals surface area contributed by atoms with Crippen LogP contribution < -0.4 is 0 Å². The van der Waals surface area contributed by atoms with Gasteiger partial charge in [-0.1, -0.05) is 0 Å². The van der Waals surface area contributed by atoms with Crippen LogP contribution in [-0.4, -0.2) is 22.6 Å². The molecule has 0 aliphatic heterocycles. The summed E-state index contributed by atoms with van der Waals surface area (Å²) in [6.07, 6.45) is 3.03. The lowest BCUT2D eigenvalue weighted by molar-refractivity contribution is -0.525. The van der Waals surface area contributed by atoms with E-state index in [4.69, 9.17) is 11.6 Å². The SMILES string of the molecule is O=C(CCCCl)C1CCCC1[N+](=O)[O-]. The van der Waals surface area contributed by atoms with Gasteiger partial charge in [-0.3, -0.25) is 14.9 Å². The quantitative estimate of drug-likeness (QED) is 0.404. The van der Waals surface area contributed by atoms with E-state index in [9.17, 15) is 14.9 Å². The molecule has 0 spiro atoms. The fraction of sp³-hybridized carbons (Fsp3) is 0.889. The summed E-state index contributed by atoms with van der Waals surface area (Å²) < 4.78 is 0. The zero-order valence-electron chi connectivity index (χ0n) is 7.95. The van der Waals surface area contributed by atoms with Crippen LogP contribution in [0, 0.1) is 16.0 Å². The van der Waals surface area contributed by atoms with Crippen molar-refractivity contribution in [3.8, 4) is 0 Å². The second kappa shape index (κ2) is 5.29. The van der Waals surface area contributed by atoms with E-state index in [1.54, 1.807) is 0 Å². The molecule has 0 aromatic carbocycles. The van der Waals surface area contributed by atoms with Crippen molar-refractivity contribution in [2.75, 3.05) is 5.88 Å². The monoisotopic (exact) mass is 219 g/mol. The minimum atomic E-state index is -0.641. The van der Waals surface area contributed by atoms with Crippen molar-refractivity contribution in [3.05, 3.63) is 10.1 Å². The maximum Gasteiger partial charge on any atom is 0.222 e. The van der Waals surface area contributed by atoms with Gasteiger partial charge in [0.15, 0.2) is 0 Å². The normalized spacial score (nSPS) is 26.4. The summed E-state index contributed by atoms with van der Waals surface area (Å²) in [6, 6.07) is -0.641. The molecule has 1 fully saturated rings. The van der Waals surface area contributed by atoms with Crippen LogP contribution in [0.1, 0.15) is 32.1 Å². The molecule has 0 heterocycles. The van der Waals surface area contributed by atoms with Crippen LogP contribution in [0.15, 0.2) is 0 Å². The van der Waals surface area contributed by atoms with Gasteiger partial charge in [-0.25, -0.2) is 0 Å². The lowest BCUT2D eigenvalue weighted by atomic mass is 9.96. The second-order valence-corrected chi connectivity index (χ2v) is 4.03. The highest BCUT2D eigenvalue weighted by molar-refractivity contribution is 6.17. The largest absolute Gasteiger partial charge is 0.299 e. The highest BCUT2D eigenvalue weighted by atomic mass is 35.5. The minimum absolute atomic E-state index is 0.0184. The zero-order chi connectivity index (χ0) is 10.6. The van der Waals surface area contributed by atoms with E-state index in [0.717, 1.165) is 6.42 Å². The molecule has 0 aromatic rings. The number of rotatable bonds is 5. The summed E-state index contributed by atoms with van der Waals surface area (Å²) in [7, 11) is 0. The van der Waals surface area contributed by atoms with Crippen LogP contribution in [0.25, 0.3) is 0 Å². The number of halogens is 1. The predicted octanol–water partition coefficient (Wildman–Crippen LogP) is 2.02. The number of hydrogen-bond acceptors (Lipinski definition) is 3. The second-order valence-electron chi connectivity index (χ2n) is 3.65. The Hall–Kier alpha value is -0.640. The molecule has 0 amide bonds. The first kappa shape index (κ1) is 11.4. The molecule has 1 saturated carbocycles. The smallest absolute Gasteiger partial charge is 0.222 e. The van der Waals surface area contributed by atoms with E-state index < -0.39 is 6.04 Å². The molecule has 0 bridgehead atoms. The van der Waals surface area contributed by atoms with Crippen molar-refractivity contribution in [3.63, 3.8) is 0 Å². The van der Waals surface area contributed by atoms with Crippen LogP contribution in [0.3, 0.4) is 0 Å². The number of carbonyl (C=O) groups is 1. The molecule has 1 rings (SSSR count). The topological polar surface area (TPSA) is 60.2 Å². The molecule has 1 aliphatic carbocycles. The molecule has 0 N–H and O–H groups in total. The van der Waals surface area contributed by atoms with Crippen molar-refractivity contribution >= 4 is 17.4 Å². The van der Waals surface area contributed by atoms with Crippen LogP contribution >= 0.6 is 11.6 Å². The van der Waals surface area contributed by atoms with Crippen LogP contribution in [0.4, 0.5) is 0 Å². The van der Waals surface area contributed by atoms with Gasteiger partial charge in [0, 0.05) is 23.6 Å². The minimum Gasteiger partial charge on any atom is -0.299 e. The van der Waals surface area contributed by atoms with E-state index in [1.165, 1.54) is 0 Å². The van der Waals surface area contributed by atoms with Gasteiger partial charge in [-0.2, -0.15) is 0 Å². The number of Topliss-reactive ketones (excluding diaryl/α,β-unsaturated/α-hetero) is 1. The Labute approximate surface area is 87.8 Å². The molecule has 80 valence electrons. The molecule has 0 radical (unpaired) electrons. The van der Waals surface area contributed by atoms with Gasteiger partial charge in [-0.05, 0) is 19.3 Å². The summed E-state index contributed by atoms with van der Waals surface area (Å²) in [4.78, 5) is 21.9. The highest BCUT2D eigenvalue weighted by Crippen LogP contribution is 2.29. The fourth-order valence-corrected chi connectivity index (χ4v) is 2.13. The summed E-state index contributed by atoms with van der Waals surface area (Å²) in [5.41, 5.74) is 0. The third-order valence-electron chi connectivity index (χ3n) is 2.72. The summed E-state index contributed by atoms with van der Waals surface area (Å²) in [6.45, 7) is 0. The summed E-state index contributed by atoms with van der Waals surface area (Å²) in [5.74, 6) is 0.111. The van der Waals surface area contributed by atoms with Crippen LogP contribution in [-0.2, 0) is 4.79 Å². The number of nitro groups is 1. The lowest BCUT2D eigenvalue weighted by Crippen LogP contribution is -2.29. The molecule has 2 unspecified atom stereocenters. The number of alkyl halides is 1. The van der Waals surface area contributed by atoms with Gasteiger partial charge in [0.25, 0.3) is 0 Å². The first-order valence-electron chi connectivity index (χ1n) is 4.89. The maximum atomic E-state index is 11.6. The van der Waals surface area contributed by atoms with Gasteiger partial charge in [0.2, 0.25) is 6.04 Å². The Bertz CT molecular complexity index is 232. The molecule has 0 aromatic heterocycles. The predicted molar refractivity (Wildman–Crippen MR) is 53.1 cm³/mol. The Morgan fingerprint density at radius 1 is 1.50 bits per heavy atom. The lowest BCUT2D eigenvalue weighted by Gasteiger charge is -2.10. The average molecular weight is 220 g/mol. The Morgan fingerprint density at radius 3 is 2.79 bits per heavy atom. The van der Waals surface area contributed by atoms with Gasteiger partial charge in [-0.15, -0.1) is 11.6 Å². The molecule has 0 saturated heterocycles. The number of carbonyl (C=O) groups excluding carboxylic acids is 1. The van der Waals surface area contributed by atoms with Crippen molar-refractivity contribution in [2.24, 2.45) is 5.92 Å². The number of hydrogen-bond donors (Lipinski definition) is 0. The van der Waals surface area contributed by atoms with Gasteiger partial charge < -0.3 is 0 Å². The van der Waals surface area contributed by atoms with E-state index in [-0.39, 0.29) is 16.6 Å². The van der Waals surface area contributed by atoms with Gasteiger partial charge >= 0.3 is 0 Å². The van der Waals surface area contributed by atoms with Crippen molar-refractivity contribution in [1.82, 2.24) is 0 Å². The molecular weight excluding hydrogens is 206 g/mol. The Balaban J connectivity index is 2.49. The van der Waals surface area contributed by atoms with Gasteiger partial charge in [0.1, 0.15) is 5.78 Å².